The second kappa shape index (κ2) is 17.4. The maximum atomic E-state index is 12.5. The minimum absolute atomic E-state index is 0.126. The summed E-state index contributed by atoms with van der Waals surface area (Å²) in [7, 11) is 0. The first-order chi connectivity index (χ1) is 15.8. The van der Waals surface area contributed by atoms with Crippen LogP contribution in [0.3, 0.4) is 0 Å². The summed E-state index contributed by atoms with van der Waals surface area (Å²) in [5.41, 5.74) is 0.533. The van der Waals surface area contributed by atoms with E-state index < -0.39 is 0 Å². The molecule has 1 aromatic rings. The van der Waals surface area contributed by atoms with E-state index in [0.717, 1.165) is 19.3 Å². The summed E-state index contributed by atoms with van der Waals surface area (Å²) >= 11 is 0. The van der Waals surface area contributed by atoms with Crippen molar-refractivity contribution >= 4 is 5.91 Å². The third kappa shape index (κ3) is 11.5. The summed E-state index contributed by atoms with van der Waals surface area (Å²) in [6.07, 6.45) is 7.19. The number of ether oxygens (including phenoxy) is 6. The average Bonchev–Trinajstić information content (AvgIpc) is 2.81. The van der Waals surface area contributed by atoms with Gasteiger partial charge in [0.1, 0.15) is 13.2 Å². The number of allylic oxidation sites excluding steroid dienone is 2. The highest BCUT2D eigenvalue weighted by Crippen LogP contribution is 2.28. The van der Waals surface area contributed by atoms with Crippen molar-refractivity contribution in [3.8, 4) is 11.5 Å². The van der Waals surface area contributed by atoms with Crippen LogP contribution in [0.5, 0.6) is 11.5 Å². The number of carbonyl (C=O) groups excluding carboxylic acids is 1. The van der Waals surface area contributed by atoms with E-state index in [2.05, 4.69) is 11.4 Å². The molecule has 8 heteroatoms. The normalized spacial score (nSPS) is 17.4. The third-order valence-corrected chi connectivity index (χ3v) is 4.61. The monoisotopic (exact) mass is 451 g/mol. The van der Waals surface area contributed by atoms with Crippen molar-refractivity contribution in [1.29, 1.82) is 0 Å². The van der Waals surface area contributed by atoms with Crippen LogP contribution >= 0.6 is 0 Å². The van der Waals surface area contributed by atoms with Gasteiger partial charge in [-0.25, -0.2) is 0 Å². The van der Waals surface area contributed by atoms with Gasteiger partial charge in [-0.15, -0.1) is 0 Å². The van der Waals surface area contributed by atoms with Crippen LogP contribution in [0.1, 0.15) is 36.5 Å². The van der Waals surface area contributed by atoms with E-state index in [1.165, 1.54) is 0 Å². The Morgan fingerprint density at radius 1 is 0.812 bits per heavy atom. The van der Waals surface area contributed by atoms with Crippen LogP contribution < -0.4 is 14.8 Å². The first kappa shape index (κ1) is 26.1. The Labute approximate surface area is 191 Å². The second-order valence-corrected chi connectivity index (χ2v) is 7.13. The first-order valence-corrected chi connectivity index (χ1v) is 11.4. The van der Waals surface area contributed by atoms with Crippen molar-refractivity contribution in [3.63, 3.8) is 0 Å². The molecule has 0 spiro atoms. The standard InChI is InChI=1S/C24H37NO7/c1-2-3-4-5-6-9-25-24(26)21-7-8-22-23(20-21)32-19-17-30-15-13-28-11-10-27-12-14-29-16-18-31-22/h2-3,7-8,20H,4-6,9-19H2,1H3,(H,25,26). The molecule has 0 bridgehead atoms. The van der Waals surface area contributed by atoms with E-state index in [1.807, 2.05) is 13.0 Å². The molecule has 1 aromatic carbocycles. The van der Waals surface area contributed by atoms with Gasteiger partial charge in [0, 0.05) is 12.1 Å². The smallest absolute Gasteiger partial charge is 0.251 e. The number of benzene rings is 1. The van der Waals surface area contributed by atoms with Gasteiger partial charge in [-0.05, 0) is 44.4 Å². The van der Waals surface area contributed by atoms with Gasteiger partial charge in [0.15, 0.2) is 11.5 Å². The van der Waals surface area contributed by atoms with Crippen LogP contribution in [0.15, 0.2) is 30.4 Å². The van der Waals surface area contributed by atoms with Gasteiger partial charge in [-0.2, -0.15) is 0 Å². The zero-order chi connectivity index (χ0) is 22.7. The van der Waals surface area contributed by atoms with Crippen molar-refractivity contribution in [1.82, 2.24) is 5.32 Å². The molecule has 0 unspecified atom stereocenters. The highest BCUT2D eigenvalue weighted by Gasteiger charge is 2.12. The molecule has 0 radical (unpaired) electrons. The molecule has 1 aliphatic heterocycles. The Morgan fingerprint density at radius 2 is 1.38 bits per heavy atom. The molecule has 0 atom stereocenters. The van der Waals surface area contributed by atoms with Crippen molar-refractivity contribution in [2.45, 2.75) is 26.2 Å². The van der Waals surface area contributed by atoms with Crippen LogP contribution in [0, 0.1) is 0 Å². The fourth-order valence-corrected chi connectivity index (χ4v) is 2.92. The second-order valence-electron chi connectivity index (χ2n) is 7.13. The van der Waals surface area contributed by atoms with E-state index in [9.17, 15) is 4.79 Å². The Kier molecular flexibility index (Phi) is 14.2. The van der Waals surface area contributed by atoms with E-state index in [1.54, 1.807) is 18.2 Å². The number of nitrogens with one attached hydrogen (secondary N) is 1. The Balaban J connectivity index is 1.89. The number of rotatable bonds is 6. The Bertz CT molecular complexity index is 666. The summed E-state index contributed by atoms with van der Waals surface area (Å²) in [5, 5.41) is 2.96. The maximum absolute atomic E-state index is 12.5. The Morgan fingerprint density at radius 3 is 1.97 bits per heavy atom. The zero-order valence-electron chi connectivity index (χ0n) is 19.1. The summed E-state index contributed by atoms with van der Waals surface area (Å²) in [4.78, 5) is 12.5. The highest BCUT2D eigenvalue weighted by atomic mass is 16.6. The molecule has 0 fully saturated rings. The number of hydrogen-bond donors (Lipinski definition) is 1. The quantitative estimate of drug-likeness (QED) is 0.526. The topological polar surface area (TPSA) is 84.5 Å². The predicted molar refractivity (Wildman–Crippen MR) is 122 cm³/mol. The third-order valence-electron chi connectivity index (χ3n) is 4.61. The summed E-state index contributed by atoms with van der Waals surface area (Å²) in [6, 6.07) is 5.21. The Hall–Kier alpha value is -2.13. The van der Waals surface area contributed by atoms with Crippen molar-refractivity contribution < 1.29 is 33.2 Å². The number of fused-ring (bicyclic) bond motifs is 1. The lowest BCUT2D eigenvalue weighted by Crippen LogP contribution is -2.24. The number of amides is 1. The van der Waals surface area contributed by atoms with E-state index in [0.29, 0.717) is 89.7 Å². The van der Waals surface area contributed by atoms with Crippen LogP contribution in [0.25, 0.3) is 0 Å². The maximum Gasteiger partial charge on any atom is 0.251 e. The predicted octanol–water partition coefficient (Wildman–Crippen LogP) is 3.00. The van der Waals surface area contributed by atoms with Crippen molar-refractivity contribution in [2.75, 3.05) is 72.6 Å². The van der Waals surface area contributed by atoms with Crippen molar-refractivity contribution in [3.05, 3.63) is 35.9 Å². The molecule has 8 nitrogen and oxygen atoms in total. The largest absolute Gasteiger partial charge is 0.487 e. The summed E-state index contributed by atoms with van der Waals surface area (Å²) in [6.45, 7) is 7.23. The molecule has 180 valence electrons. The number of unbranched alkanes of at least 4 members (excludes halogenated alkanes) is 2. The van der Waals surface area contributed by atoms with Gasteiger partial charge >= 0.3 is 0 Å². The number of carbonyl (C=O) groups is 1. The number of hydrogen-bond acceptors (Lipinski definition) is 7. The molecule has 32 heavy (non-hydrogen) atoms. The van der Waals surface area contributed by atoms with Gasteiger partial charge in [0.25, 0.3) is 5.91 Å². The lowest BCUT2D eigenvalue weighted by atomic mass is 10.1. The van der Waals surface area contributed by atoms with Gasteiger partial charge in [0.05, 0.1) is 52.9 Å². The van der Waals surface area contributed by atoms with Crippen LogP contribution in [-0.2, 0) is 18.9 Å². The molecule has 0 aliphatic carbocycles. The first-order valence-electron chi connectivity index (χ1n) is 11.4. The molecule has 0 aromatic heterocycles. The highest BCUT2D eigenvalue weighted by molar-refractivity contribution is 5.94. The van der Waals surface area contributed by atoms with E-state index in [-0.39, 0.29) is 5.91 Å². The molecule has 1 aliphatic rings. The van der Waals surface area contributed by atoms with Gasteiger partial charge in [0.2, 0.25) is 0 Å². The summed E-state index contributed by atoms with van der Waals surface area (Å²) in [5.74, 6) is 0.950. The lowest BCUT2D eigenvalue weighted by Gasteiger charge is -2.15. The van der Waals surface area contributed by atoms with Gasteiger partial charge in [-0.3, -0.25) is 4.79 Å². The van der Waals surface area contributed by atoms with Gasteiger partial charge in [-0.1, -0.05) is 12.2 Å². The minimum atomic E-state index is -0.126. The zero-order valence-corrected chi connectivity index (χ0v) is 19.1. The molecule has 0 saturated carbocycles. The summed E-state index contributed by atoms with van der Waals surface area (Å²) < 4.78 is 33.6. The average molecular weight is 452 g/mol. The van der Waals surface area contributed by atoms with Crippen LogP contribution in [0.2, 0.25) is 0 Å². The molecular formula is C24H37NO7. The van der Waals surface area contributed by atoms with Crippen LogP contribution in [-0.4, -0.2) is 78.5 Å². The van der Waals surface area contributed by atoms with Crippen molar-refractivity contribution in [2.24, 2.45) is 0 Å². The minimum Gasteiger partial charge on any atom is -0.487 e. The molecule has 1 heterocycles. The van der Waals surface area contributed by atoms with Gasteiger partial charge < -0.3 is 33.7 Å². The molecule has 2 rings (SSSR count). The van der Waals surface area contributed by atoms with Crippen LogP contribution in [0.4, 0.5) is 0 Å². The SMILES string of the molecule is CC=CCCCCNC(=O)c1ccc2c(c1)OCCOCCOCCOCCOCCO2. The molecular weight excluding hydrogens is 414 g/mol. The fourth-order valence-electron chi connectivity index (χ4n) is 2.92. The molecule has 0 saturated heterocycles. The van der Waals surface area contributed by atoms with E-state index >= 15 is 0 Å². The fraction of sp³-hybridized carbons (Fsp3) is 0.625. The molecule has 1 amide bonds. The lowest BCUT2D eigenvalue weighted by molar-refractivity contribution is -0.00842. The molecule has 1 N–H and O–H groups in total. The van der Waals surface area contributed by atoms with E-state index in [4.69, 9.17) is 28.4 Å².